The van der Waals surface area contributed by atoms with Gasteiger partial charge in [-0.25, -0.2) is 0 Å². The van der Waals surface area contributed by atoms with Crippen LogP contribution in [0.2, 0.25) is 0 Å². The molecular weight excluding hydrogens is 276 g/mol. The molecule has 0 saturated heterocycles. The first-order chi connectivity index (χ1) is 10.4. The summed E-state index contributed by atoms with van der Waals surface area (Å²) < 4.78 is 0. The highest BCUT2D eigenvalue weighted by atomic mass is 16.4. The average Bonchev–Trinajstić information content (AvgIpc) is 2.48. The Bertz CT molecular complexity index is 510. The van der Waals surface area contributed by atoms with Crippen molar-refractivity contribution >= 4 is 17.3 Å². The van der Waals surface area contributed by atoms with Gasteiger partial charge in [-0.1, -0.05) is 13.0 Å². The lowest BCUT2D eigenvalue weighted by atomic mass is 10.1. The molecule has 1 atom stereocenters. The zero-order valence-corrected chi connectivity index (χ0v) is 14.2. The minimum atomic E-state index is -0.772. The molecule has 1 rings (SSSR count). The van der Waals surface area contributed by atoms with E-state index in [9.17, 15) is 4.79 Å². The van der Waals surface area contributed by atoms with Crippen LogP contribution in [0.4, 0.5) is 11.4 Å². The summed E-state index contributed by atoms with van der Waals surface area (Å²) in [4.78, 5) is 15.5. The number of hydrogen-bond acceptors (Lipinski definition) is 3. The Kier molecular flexibility index (Phi) is 6.96. The Labute approximate surface area is 134 Å². The summed E-state index contributed by atoms with van der Waals surface area (Å²) in [6.07, 6.45) is 1.81. The Balaban J connectivity index is 3.05. The first-order valence-corrected chi connectivity index (χ1v) is 7.88. The smallest absolute Gasteiger partial charge is 0.308 e. The van der Waals surface area contributed by atoms with Crippen molar-refractivity contribution in [2.45, 2.75) is 27.7 Å². The summed E-state index contributed by atoms with van der Waals surface area (Å²) in [7, 11) is 0. The van der Waals surface area contributed by atoms with Crippen molar-refractivity contribution in [3.05, 3.63) is 36.4 Å². The number of carbonyl (C=O) groups is 1. The Hall–Kier alpha value is -1.97. The van der Waals surface area contributed by atoms with Crippen LogP contribution >= 0.6 is 0 Å². The van der Waals surface area contributed by atoms with Gasteiger partial charge in [0.05, 0.1) is 5.92 Å². The van der Waals surface area contributed by atoms with Crippen molar-refractivity contribution in [3.8, 4) is 0 Å². The molecule has 0 aliphatic heterocycles. The maximum atomic E-state index is 11.1. The van der Waals surface area contributed by atoms with Gasteiger partial charge in [-0.05, 0) is 44.5 Å². The van der Waals surface area contributed by atoms with Crippen LogP contribution < -0.4 is 9.80 Å². The van der Waals surface area contributed by atoms with Crippen LogP contribution in [0.5, 0.6) is 0 Å². The molecule has 122 valence electrons. The summed E-state index contributed by atoms with van der Waals surface area (Å²) in [6, 6.07) is 6.36. The summed E-state index contributed by atoms with van der Waals surface area (Å²) in [5.74, 6) is -1.19. The number of carboxylic acid groups (broad SMARTS) is 1. The molecule has 0 spiro atoms. The molecule has 1 unspecified atom stereocenters. The lowest BCUT2D eigenvalue weighted by molar-refractivity contribution is -0.140. The topological polar surface area (TPSA) is 43.8 Å². The number of hydrogen-bond donors (Lipinski definition) is 1. The number of benzene rings is 1. The van der Waals surface area contributed by atoms with Gasteiger partial charge in [-0.2, -0.15) is 0 Å². The SMILES string of the molecule is C=CCN(CC(C)C(=O)O)c1ccc(N(CC)CC)cc1C. The molecule has 0 aliphatic rings. The largest absolute Gasteiger partial charge is 0.481 e. The van der Waals surface area contributed by atoms with Gasteiger partial charge in [0.25, 0.3) is 0 Å². The molecule has 0 bridgehead atoms. The van der Waals surface area contributed by atoms with Crippen molar-refractivity contribution in [1.29, 1.82) is 0 Å². The van der Waals surface area contributed by atoms with Gasteiger partial charge in [0, 0.05) is 37.6 Å². The van der Waals surface area contributed by atoms with Gasteiger partial charge >= 0.3 is 5.97 Å². The van der Waals surface area contributed by atoms with Gasteiger partial charge in [0.1, 0.15) is 0 Å². The highest BCUT2D eigenvalue weighted by molar-refractivity contribution is 5.71. The van der Waals surface area contributed by atoms with Crippen LogP contribution in [0.25, 0.3) is 0 Å². The average molecular weight is 304 g/mol. The van der Waals surface area contributed by atoms with Crippen LogP contribution in [0.15, 0.2) is 30.9 Å². The van der Waals surface area contributed by atoms with Crippen molar-refractivity contribution in [1.82, 2.24) is 0 Å². The maximum absolute atomic E-state index is 11.1. The molecule has 1 aromatic rings. The monoisotopic (exact) mass is 304 g/mol. The Morgan fingerprint density at radius 1 is 1.32 bits per heavy atom. The van der Waals surface area contributed by atoms with Crippen LogP contribution in [0, 0.1) is 12.8 Å². The molecule has 0 heterocycles. The van der Waals surface area contributed by atoms with E-state index in [0.717, 1.165) is 24.3 Å². The summed E-state index contributed by atoms with van der Waals surface area (Å²) in [5, 5.41) is 9.14. The number of aliphatic carboxylic acids is 1. The second kappa shape index (κ2) is 8.47. The number of aryl methyl sites for hydroxylation is 1. The molecule has 1 aromatic carbocycles. The fraction of sp³-hybridized carbons (Fsp3) is 0.500. The zero-order chi connectivity index (χ0) is 16.7. The molecule has 0 amide bonds. The molecule has 0 aliphatic carbocycles. The molecule has 0 aromatic heterocycles. The predicted octanol–water partition coefficient (Wildman–Crippen LogP) is 3.55. The number of carboxylic acids is 1. The molecular formula is C18H28N2O2. The highest BCUT2D eigenvalue weighted by Gasteiger charge is 2.17. The van der Waals surface area contributed by atoms with Crippen LogP contribution in [0.3, 0.4) is 0 Å². The standard InChI is InChI=1S/C18H28N2O2/c1-6-11-20(13-15(5)18(21)22)17-10-9-16(12-14(17)4)19(7-2)8-3/h6,9-10,12,15H,1,7-8,11,13H2,2-5H3,(H,21,22). The van der Waals surface area contributed by atoms with Gasteiger partial charge in [0.15, 0.2) is 0 Å². The van der Waals surface area contributed by atoms with Gasteiger partial charge in [0.2, 0.25) is 0 Å². The summed E-state index contributed by atoms with van der Waals surface area (Å²) >= 11 is 0. The van der Waals surface area contributed by atoms with Crippen LogP contribution in [-0.4, -0.2) is 37.3 Å². The lowest BCUT2D eigenvalue weighted by Gasteiger charge is -2.28. The zero-order valence-electron chi connectivity index (χ0n) is 14.2. The number of nitrogens with zero attached hydrogens (tertiary/aromatic N) is 2. The minimum Gasteiger partial charge on any atom is -0.481 e. The first-order valence-electron chi connectivity index (χ1n) is 7.88. The molecule has 0 radical (unpaired) electrons. The van der Waals surface area contributed by atoms with Gasteiger partial charge in [-0.15, -0.1) is 6.58 Å². The van der Waals surface area contributed by atoms with E-state index < -0.39 is 11.9 Å². The maximum Gasteiger partial charge on any atom is 0.308 e. The second-order valence-electron chi connectivity index (χ2n) is 5.58. The highest BCUT2D eigenvalue weighted by Crippen LogP contribution is 2.26. The summed E-state index contributed by atoms with van der Waals surface area (Å²) in [5.41, 5.74) is 3.43. The van der Waals surface area contributed by atoms with Crippen molar-refractivity contribution < 1.29 is 9.90 Å². The molecule has 0 saturated carbocycles. The Morgan fingerprint density at radius 3 is 2.41 bits per heavy atom. The molecule has 0 fully saturated rings. The molecule has 1 N–H and O–H groups in total. The van der Waals surface area contributed by atoms with Gasteiger partial charge < -0.3 is 14.9 Å². The fourth-order valence-electron chi connectivity index (χ4n) is 2.62. The van der Waals surface area contributed by atoms with E-state index in [1.165, 1.54) is 5.69 Å². The van der Waals surface area contributed by atoms with Crippen molar-refractivity contribution in [3.63, 3.8) is 0 Å². The van der Waals surface area contributed by atoms with E-state index in [1.807, 2.05) is 6.08 Å². The number of anilines is 2. The third-order valence-electron chi connectivity index (χ3n) is 3.91. The second-order valence-corrected chi connectivity index (χ2v) is 5.58. The molecule has 4 nitrogen and oxygen atoms in total. The normalized spacial score (nSPS) is 11.8. The molecule has 4 heteroatoms. The van der Waals surface area contributed by atoms with E-state index >= 15 is 0 Å². The van der Waals surface area contributed by atoms with Crippen LogP contribution in [0.1, 0.15) is 26.3 Å². The van der Waals surface area contributed by atoms with E-state index in [2.05, 4.69) is 55.3 Å². The quantitative estimate of drug-likeness (QED) is 0.709. The van der Waals surface area contributed by atoms with Crippen molar-refractivity contribution in [2.75, 3.05) is 36.0 Å². The third-order valence-corrected chi connectivity index (χ3v) is 3.91. The van der Waals surface area contributed by atoms with Gasteiger partial charge in [-0.3, -0.25) is 4.79 Å². The first kappa shape index (κ1) is 18.1. The molecule has 22 heavy (non-hydrogen) atoms. The fourth-order valence-corrected chi connectivity index (χ4v) is 2.62. The Morgan fingerprint density at radius 2 is 1.95 bits per heavy atom. The lowest BCUT2D eigenvalue weighted by Crippen LogP contribution is -2.32. The van der Waals surface area contributed by atoms with E-state index in [1.54, 1.807) is 6.92 Å². The number of rotatable bonds is 9. The van der Waals surface area contributed by atoms with Crippen molar-refractivity contribution in [2.24, 2.45) is 5.92 Å². The van der Waals surface area contributed by atoms with Crippen LogP contribution in [-0.2, 0) is 4.79 Å². The predicted molar refractivity (Wildman–Crippen MR) is 93.9 cm³/mol. The van der Waals surface area contributed by atoms with E-state index in [0.29, 0.717) is 13.1 Å². The van der Waals surface area contributed by atoms with E-state index in [-0.39, 0.29) is 0 Å². The summed E-state index contributed by atoms with van der Waals surface area (Å²) in [6.45, 7) is 14.9. The van der Waals surface area contributed by atoms with E-state index in [4.69, 9.17) is 5.11 Å². The minimum absolute atomic E-state index is 0.415. The third kappa shape index (κ3) is 4.52.